The molecule has 0 amide bonds. The molecule has 0 aliphatic carbocycles. The van der Waals surface area contributed by atoms with E-state index < -0.39 is 0 Å². The quantitative estimate of drug-likeness (QED) is 0.820. The van der Waals surface area contributed by atoms with Gasteiger partial charge in [0.1, 0.15) is 0 Å². The van der Waals surface area contributed by atoms with Crippen molar-refractivity contribution in [3.8, 4) is 0 Å². The molecule has 0 bridgehead atoms. The number of hydrogen-bond acceptors (Lipinski definition) is 3. The van der Waals surface area contributed by atoms with Gasteiger partial charge in [-0.1, -0.05) is 18.5 Å². The first-order chi connectivity index (χ1) is 8.04. The average molecular weight is 257 g/mol. The first-order valence-electron chi connectivity index (χ1n) is 5.93. The highest BCUT2D eigenvalue weighted by Crippen LogP contribution is 2.23. The van der Waals surface area contributed by atoms with E-state index >= 15 is 0 Å². The van der Waals surface area contributed by atoms with Gasteiger partial charge in [0.2, 0.25) is 0 Å². The molecular weight excluding hydrogens is 236 g/mol. The van der Waals surface area contributed by atoms with Gasteiger partial charge in [-0.3, -0.25) is 0 Å². The molecule has 1 unspecified atom stereocenters. The third kappa shape index (κ3) is 4.54. The van der Waals surface area contributed by atoms with E-state index in [9.17, 15) is 5.11 Å². The average Bonchev–Trinajstić information content (AvgIpc) is 2.25. The lowest BCUT2D eigenvalue weighted by Crippen LogP contribution is -2.28. The Morgan fingerprint density at radius 3 is 2.76 bits per heavy atom. The lowest BCUT2D eigenvalue weighted by Gasteiger charge is -2.24. The molecule has 0 heterocycles. The molecule has 96 valence electrons. The fourth-order valence-corrected chi connectivity index (χ4v) is 2.02. The summed E-state index contributed by atoms with van der Waals surface area (Å²) in [6, 6.07) is 5.85. The van der Waals surface area contributed by atoms with Crippen molar-refractivity contribution in [1.82, 2.24) is 5.32 Å². The number of benzene rings is 1. The Kier molecular flexibility index (Phi) is 5.75. The number of nitrogens with zero attached hydrogens (tertiary/aromatic N) is 1. The van der Waals surface area contributed by atoms with Crippen molar-refractivity contribution in [2.75, 3.05) is 25.0 Å². The summed E-state index contributed by atoms with van der Waals surface area (Å²) in [7, 11) is 1.98. The van der Waals surface area contributed by atoms with Gasteiger partial charge < -0.3 is 15.3 Å². The maximum Gasteiger partial charge on any atom is 0.0686 e. The van der Waals surface area contributed by atoms with E-state index in [4.69, 9.17) is 11.6 Å². The van der Waals surface area contributed by atoms with Crippen LogP contribution in [-0.2, 0) is 6.54 Å². The van der Waals surface area contributed by atoms with Crippen LogP contribution in [-0.4, -0.2) is 31.3 Å². The first-order valence-corrected chi connectivity index (χ1v) is 6.30. The van der Waals surface area contributed by atoms with Crippen LogP contribution in [0.1, 0.15) is 19.4 Å². The Morgan fingerprint density at radius 1 is 1.47 bits per heavy atom. The minimum atomic E-state index is -0.345. The second-order valence-corrected chi connectivity index (χ2v) is 4.72. The fraction of sp³-hybridized carbons (Fsp3) is 0.538. The number of anilines is 1. The monoisotopic (exact) mass is 256 g/mol. The summed E-state index contributed by atoms with van der Waals surface area (Å²) in [5, 5.41) is 13.5. The molecule has 17 heavy (non-hydrogen) atoms. The molecule has 0 spiro atoms. The van der Waals surface area contributed by atoms with Crippen molar-refractivity contribution in [3.05, 3.63) is 28.8 Å². The predicted octanol–water partition coefficient (Wildman–Crippen LogP) is 2.27. The maximum atomic E-state index is 9.42. The van der Waals surface area contributed by atoms with Crippen LogP contribution in [0.5, 0.6) is 0 Å². The second kappa shape index (κ2) is 6.84. The van der Waals surface area contributed by atoms with E-state index in [1.807, 2.05) is 30.1 Å². The van der Waals surface area contributed by atoms with Crippen molar-refractivity contribution < 1.29 is 5.11 Å². The molecule has 0 saturated carbocycles. The van der Waals surface area contributed by atoms with Crippen LogP contribution in [0.25, 0.3) is 0 Å². The largest absolute Gasteiger partial charge is 0.392 e. The SMILES string of the molecule is CCNCc1cc(Cl)ccc1N(C)CC(C)O. The van der Waals surface area contributed by atoms with Crippen LogP contribution >= 0.6 is 11.6 Å². The van der Waals surface area contributed by atoms with Gasteiger partial charge in [0, 0.05) is 30.8 Å². The second-order valence-electron chi connectivity index (χ2n) is 4.28. The summed E-state index contributed by atoms with van der Waals surface area (Å²) >= 11 is 6.01. The van der Waals surface area contributed by atoms with Crippen molar-refractivity contribution in [3.63, 3.8) is 0 Å². The Labute approximate surface area is 108 Å². The first kappa shape index (κ1) is 14.3. The van der Waals surface area contributed by atoms with Crippen molar-refractivity contribution in [2.45, 2.75) is 26.5 Å². The van der Waals surface area contributed by atoms with Crippen molar-refractivity contribution in [2.24, 2.45) is 0 Å². The number of halogens is 1. The number of aliphatic hydroxyl groups is 1. The molecule has 1 aromatic carbocycles. The summed E-state index contributed by atoms with van der Waals surface area (Å²) in [5.74, 6) is 0. The number of aliphatic hydroxyl groups excluding tert-OH is 1. The molecule has 0 fully saturated rings. The normalized spacial score (nSPS) is 12.5. The highest BCUT2D eigenvalue weighted by Gasteiger charge is 2.09. The number of likely N-dealkylation sites (N-methyl/N-ethyl adjacent to an activating group) is 1. The van der Waals surface area contributed by atoms with Gasteiger partial charge in [0.15, 0.2) is 0 Å². The van der Waals surface area contributed by atoms with E-state index in [-0.39, 0.29) is 6.10 Å². The topological polar surface area (TPSA) is 35.5 Å². The van der Waals surface area contributed by atoms with Gasteiger partial charge in [-0.05, 0) is 37.2 Å². The van der Waals surface area contributed by atoms with Crippen LogP contribution in [0, 0.1) is 0 Å². The van der Waals surface area contributed by atoms with Crippen LogP contribution in [0.3, 0.4) is 0 Å². The van der Waals surface area contributed by atoms with Crippen LogP contribution in [0.4, 0.5) is 5.69 Å². The highest BCUT2D eigenvalue weighted by molar-refractivity contribution is 6.30. The molecule has 0 aromatic heterocycles. The smallest absolute Gasteiger partial charge is 0.0686 e. The van der Waals surface area contributed by atoms with E-state index in [1.165, 1.54) is 0 Å². The summed E-state index contributed by atoms with van der Waals surface area (Å²) in [4.78, 5) is 2.05. The number of rotatable bonds is 6. The zero-order valence-corrected chi connectivity index (χ0v) is 11.5. The molecule has 1 aromatic rings. The van der Waals surface area contributed by atoms with E-state index in [0.29, 0.717) is 6.54 Å². The molecule has 0 saturated heterocycles. The van der Waals surface area contributed by atoms with Gasteiger partial charge in [-0.2, -0.15) is 0 Å². The standard InChI is InChI=1S/C13H21ClN2O/c1-4-15-8-11-7-12(14)5-6-13(11)16(3)9-10(2)17/h5-7,10,15,17H,4,8-9H2,1-3H3. The molecule has 0 radical (unpaired) electrons. The molecule has 1 atom stereocenters. The number of nitrogens with one attached hydrogen (secondary N) is 1. The van der Waals surface area contributed by atoms with Crippen LogP contribution in [0.2, 0.25) is 5.02 Å². The lowest BCUT2D eigenvalue weighted by atomic mass is 10.1. The molecule has 3 nitrogen and oxygen atoms in total. The molecule has 2 N–H and O–H groups in total. The van der Waals surface area contributed by atoms with Gasteiger partial charge in [-0.15, -0.1) is 0 Å². The van der Waals surface area contributed by atoms with Crippen molar-refractivity contribution >= 4 is 17.3 Å². The van der Waals surface area contributed by atoms with E-state index in [2.05, 4.69) is 12.2 Å². The van der Waals surface area contributed by atoms with Crippen LogP contribution in [0.15, 0.2) is 18.2 Å². The van der Waals surface area contributed by atoms with Gasteiger partial charge in [0.25, 0.3) is 0 Å². The molecule has 1 rings (SSSR count). The fourth-order valence-electron chi connectivity index (χ4n) is 1.82. The lowest BCUT2D eigenvalue weighted by molar-refractivity contribution is 0.201. The zero-order chi connectivity index (χ0) is 12.8. The van der Waals surface area contributed by atoms with Gasteiger partial charge in [-0.25, -0.2) is 0 Å². The molecular formula is C13H21ClN2O. The van der Waals surface area contributed by atoms with Gasteiger partial charge in [0.05, 0.1) is 6.10 Å². The van der Waals surface area contributed by atoms with Crippen LogP contribution < -0.4 is 10.2 Å². The zero-order valence-electron chi connectivity index (χ0n) is 10.7. The third-order valence-electron chi connectivity index (χ3n) is 2.56. The Balaban J connectivity index is 2.88. The number of hydrogen-bond donors (Lipinski definition) is 2. The summed E-state index contributed by atoms with van der Waals surface area (Å²) in [6.45, 7) is 6.18. The van der Waals surface area contributed by atoms with Crippen molar-refractivity contribution in [1.29, 1.82) is 0 Å². The van der Waals surface area contributed by atoms with E-state index in [1.54, 1.807) is 6.92 Å². The Hall–Kier alpha value is -0.770. The molecule has 0 aliphatic rings. The predicted molar refractivity (Wildman–Crippen MR) is 73.8 cm³/mol. The minimum Gasteiger partial charge on any atom is -0.392 e. The minimum absolute atomic E-state index is 0.345. The molecule has 4 heteroatoms. The highest BCUT2D eigenvalue weighted by atomic mass is 35.5. The Morgan fingerprint density at radius 2 is 2.18 bits per heavy atom. The summed E-state index contributed by atoms with van der Waals surface area (Å²) < 4.78 is 0. The maximum absolute atomic E-state index is 9.42. The third-order valence-corrected chi connectivity index (χ3v) is 2.79. The van der Waals surface area contributed by atoms with Gasteiger partial charge >= 0.3 is 0 Å². The molecule has 0 aliphatic heterocycles. The van der Waals surface area contributed by atoms with E-state index in [0.717, 1.165) is 29.4 Å². The summed E-state index contributed by atoms with van der Waals surface area (Å²) in [5.41, 5.74) is 2.26. The Bertz CT molecular complexity index is 355. The summed E-state index contributed by atoms with van der Waals surface area (Å²) in [6.07, 6.45) is -0.345.